The molecule has 1 unspecified atom stereocenters. The maximum absolute atomic E-state index is 13.1. The number of nitrogens with one attached hydrogen (secondary N) is 1. The van der Waals surface area contributed by atoms with Gasteiger partial charge in [0.2, 0.25) is 5.82 Å². The average molecular weight is 465 g/mol. The summed E-state index contributed by atoms with van der Waals surface area (Å²) in [6.07, 6.45) is 0.689. The monoisotopic (exact) mass is 464 g/mol. The Bertz CT molecular complexity index is 1180. The number of hydrogen-bond donors (Lipinski definition) is 1. The topological polar surface area (TPSA) is 99.0 Å². The van der Waals surface area contributed by atoms with Crippen molar-refractivity contribution in [2.45, 2.75) is 19.4 Å². The molecule has 0 saturated carbocycles. The molecule has 1 aliphatic rings. The summed E-state index contributed by atoms with van der Waals surface area (Å²) >= 11 is 0. The van der Waals surface area contributed by atoms with E-state index in [-0.39, 0.29) is 6.03 Å². The van der Waals surface area contributed by atoms with Gasteiger partial charge in [-0.15, -0.1) is 0 Å². The third kappa shape index (κ3) is 4.60. The van der Waals surface area contributed by atoms with Gasteiger partial charge in [-0.2, -0.15) is 4.98 Å². The number of amides is 2. The minimum Gasteiger partial charge on any atom is -0.493 e. The van der Waals surface area contributed by atoms with Gasteiger partial charge in [-0.05, 0) is 31.0 Å². The molecule has 3 aromatic rings. The third-order valence-corrected chi connectivity index (χ3v) is 5.76. The zero-order valence-electron chi connectivity index (χ0n) is 19.7. The molecule has 178 valence electrons. The molecule has 1 atom stereocenters. The predicted molar refractivity (Wildman–Crippen MR) is 126 cm³/mol. The van der Waals surface area contributed by atoms with E-state index in [1.165, 1.54) is 0 Å². The van der Waals surface area contributed by atoms with Gasteiger partial charge in [0, 0.05) is 31.5 Å². The summed E-state index contributed by atoms with van der Waals surface area (Å²) in [5.74, 6) is 1.97. The lowest BCUT2D eigenvalue weighted by atomic mass is 9.94. The fourth-order valence-electron chi connectivity index (χ4n) is 4.01. The van der Waals surface area contributed by atoms with Gasteiger partial charge in [0.15, 0.2) is 11.5 Å². The predicted octanol–water partition coefficient (Wildman–Crippen LogP) is 4.29. The normalized spacial score (nSPS) is 15.9. The molecule has 0 bridgehead atoms. The number of aromatic nitrogens is 2. The van der Waals surface area contributed by atoms with E-state index in [0.29, 0.717) is 42.8 Å². The van der Waals surface area contributed by atoms with Crippen molar-refractivity contribution in [3.8, 4) is 22.9 Å². The number of ether oxygens (including phenoxy) is 3. The highest BCUT2D eigenvalue weighted by molar-refractivity contribution is 5.87. The minimum absolute atomic E-state index is 0.208. The SMILES string of the molecule is COCCCN1C(=O)NC(c2ccc(OC)c(OC)c2)C(c2nc(-c3ccccc3)no2)=C1C. The number of nitrogens with zero attached hydrogens (tertiary/aromatic N) is 3. The van der Waals surface area contributed by atoms with Crippen LogP contribution in [0.3, 0.4) is 0 Å². The van der Waals surface area contributed by atoms with E-state index < -0.39 is 6.04 Å². The number of benzene rings is 2. The van der Waals surface area contributed by atoms with Gasteiger partial charge in [-0.1, -0.05) is 41.6 Å². The first-order valence-corrected chi connectivity index (χ1v) is 11.0. The van der Waals surface area contributed by atoms with Crippen molar-refractivity contribution in [2.24, 2.45) is 0 Å². The lowest BCUT2D eigenvalue weighted by Gasteiger charge is -2.35. The summed E-state index contributed by atoms with van der Waals surface area (Å²) in [5.41, 5.74) is 3.10. The van der Waals surface area contributed by atoms with Crippen LogP contribution in [0.1, 0.15) is 30.8 Å². The molecule has 4 rings (SSSR count). The van der Waals surface area contributed by atoms with Gasteiger partial charge < -0.3 is 24.1 Å². The van der Waals surface area contributed by atoms with E-state index in [4.69, 9.17) is 18.7 Å². The van der Waals surface area contributed by atoms with Gasteiger partial charge >= 0.3 is 6.03 Å². The van der Waals surface area contributed by atoms with Crippen LogP contribution in [0.2, 0.25) is 0 Å². The second kappa shape index (κ2) is 10.4. The van der Waals surface area contributed by atoms with Crippen LogP contribution in [0.25, 0.3) is 17.0 Å². The molecule has 1 N–H and O–H groups in total. The van der Waals surface area contributed by atoms with Gasteiger partial charge in [-0.25, -0.2) is 4.79 Å². The van der Waals surface area contributed by atoms with Gasteiger partial charge in [0.1, 0.15) is 0 Å². The summed E-state index contributed by atoms with van der Waals surface area (Å²) in [4.78, 5) is 19.4. The van der Waals surface area contributed by atoms with E-state index in [0.717, 1.165) is 22.4 Å². The van der Waals surface area contributed by atoms with Crippen LogP contribution in [0.15, 0.2) is 58.8 Å². The highest BCUT2D eigenvalue weighted by atomic mass is 16.5. The molecule has 2 heterocycles. The third-order valence-electron chi connectivity index (χ3n) is 5.76. The molecule has 1 aromatic heterocycles. The molecular formula is C25H28N4O5. The number of allylic oxidation sites excluding steroid dienone is 1. The first-order valence-electron chi connectivity index (χ1n) is 11.0. The van der Waals surface area contributed by atoms with E-state index in [9.17, 15) is 4.79 Å². The molecule has 1 aliphatic heterocycles. The van der Waals surface area contributed by atoms with Crippen molar-refractivity contribution in [1.29, 1.82) is 0 Å². The van der Waals surface area contributed by atoms with Crippen molar-refractivity contribution in [2.75, 3.05) is 34.5 Å². The summed E-state index contributed by atoms with van der Waals surface area (Å²) in [6, 6.07) is 14.4. The summed E-state index contributed by atoms with van der Waals surface area (Å²) in [7, 11) is 4.79. The highest BCUT2D eigenvalue weighted by Gasteiger charge is 2.36. The van der Waals surface area contributed by atoms with Crippen molar-refractivity contribution in [3.05, 3.63) is 65.7 Å². The highest BCUT2D eigenvalue weighted by Crippen LogP contribution is 2.40. The van der Waals surface area contributed by atoms with Crippen molar-refractivity contribution in [3.63, 3.8) is 0 Å². The lowest BCUT2D eigenvalue weighted by molar-refractivity contribution is 0.174. The van der Waals surface area contributed by atoms with E-state index >= 15 is 0 Å². The molecule has 2 amide bonds. The number of rotatable bonds is 9. The lowest BCUT2D eigenvalue weighted by Crippen LogP contribution is -2.46. The number of carbonyl (C=O) groups is 1. The number of urea groups is 1. The molecular weight excluding hydrogens is 436 g/mol. The maximum atomic E-state index is 13.1. The summed E-state index contributed by atoms with van der Waals surface area (Å²) in [5, 5.41) is 7.28. The maximum Gasteiger partial charge on any atom is 0.322 e. The van der Waals surface area contributed by atoms with Crippen LogP contribution in [-0.4, -0.2) is 55.6 Å². The average Bonchev–Trinajstić information content (AvgIpc) is 3.35. The van der Waals surface area contributed by atoms with E-state index in [2.05, 4.69) is 15.5 Å². The second-order valence-electron chi connectivity index (χ2n) is 7.78. The molecule has 0 radical (unpaired) electrons. The van der Waals surface area contributed by atoms with E-state index in [1.54, 1.807) is 32.3 Å². The first-order chi connectivity index (χ1) is 16.6. The van der Waals surface area contributed by atoms with Gasteiger partial charge in [-0.3, -0.25) is 4.90 Å². The quantitative estimate of drug-likeness (QED) is 0.472. The van der Waals surface area contributed by atoms with Crippen LogP contribution in [0, 0.1) is 0 Å². The Kier molecular flexibility index (Phi) is 7.12. The second-order valence-corrected chi connectivity index (χ2v) is 7.78. The van der Waals surface area contributed by atoms with Crippen LogP contribution in [0.5, 0.6) is 11.5 Å². The molecule has 0 aliphatic carbocycles. The number of carbonyl (C=O) groups excluding carboxylic acids is 1. The van der Waals surface area contributed by atoms with Crippen molar-refractivity contribution >= 4 is 11.6 Å². The molecule has 0 saturated heterocycles. The summed E-state index contributed by atoms with van der Waals surface area (Å²) < 4.78 is 21.7. The van der Waals surface area contributed by atoms with Crippen LogP contribution in [0.4, 0.5) is 4.79 Å². The Labute approximate surface area is 198 Å². The Morgan fingerprint density at radius 2 is 1.82 bits per heavy atom. The zero-order valence-corrected chi connectivity index (χ0v) is 19.7. The summed E-state index contributed by atoms with van der Waals surface area (Å²) in [6.45, 7) is 2.93. The van der Waals surface area contributed by atoms with Gasteiger partial charge in [0.05, 0.1) is 25.8 Å². The fraction of sp³-hybridized carbons (Fsp3) is 0.320. The standard InChI is InChI=1S/C25H28N4O5/c1-16-21(24-27-23(28-34-24)17-9-6-5-7-10-17)22(26-25(30)29(16)13-8-14-31-2)18-11-12-19(32-3)20(15-18)33-4/h5-7,9-12,15,22H,8,13-14H2,1-4H3,(H,26,30). The van der Waals surface area contributed by atoms with Crippen LogP contribution < -0.4 is 14.8 Å². The molecule has 0 spiro atoms. The smallest absolute Gasteiger partial charge is 0.322 e. The molecule has 2 aromatic carbocycles. The van der Waals surface area contributed by atoms with E-state index in [1.807, 2.05) is 49.4 Å². The van der Waals surface area contributed by atoms with Crippen molar-refractivity contribution < 1.29 is 23.5 Å². The Morgan fingerprint density at radius 3 is 2.53 bits per heavy atom. The number of methoxy groups -OCH3 is 3. The van der Waals surface area contributed by atoms with Crippen LogP contribution in [-0.2, 0) is 4.74 Å². The molecule has 9 nitrogen and oxygen atoms in total. The Morgan fingerprint density at radius 1 is 1.06 bits per heavy atom. The fourth-order valence-corrected chi connectivity index (χ4v) is 4.01. The van der Waals surface area contributed by atoms with Gasteiger partial charge in [0.25, 0.3) is 5.89 Å². The van der Waals surface area contributed by atoms with Crippen LogP contribution >= 0.6 is 0 Å². The molecule has 9 heteroatoms. The molecule has 0 fully saturated rings. The molecule has 34 heavy (non-hydrogen) atoms. The Hall–Kier alpha value is -3.85. The van der Waals surface area contributed by atoms with Crippen molar-refractivity contribution in [1.82, 2.24) is 20.4 Å². The largest absolute Gasteiger partial charge is 0.493 e. The first kappa shape index (κ1) is 23.3. The minimum atomic E-state index is -0.518. The zero-order chi connectivity index (χ0) is 24.1. The number of hydrogen-bond acceptors (Lipinski definition) is 7. The Balaban J connectivity index is 1.79.